The van der Waals surface area contributed by atoms with Crippen LogP contribution in [0.25, 0.3) is 111 Å². The van der Waals surface area contributed by atoms with Gasteiger partial charge < -0.3 is 8.83 Å². The summed E-state index contributed by atoms with van der Waals surface area (Å²) in [6.45, 7) is 0. The number of furan rings is 2. The third kappa shape index (κ3) is 4.83. The van der Waals surface area contributed by atoms with Crippen molar-refractivity contribution in [1.29, 1.82) is 0 Å². The first-order valence-corrected chi connectivity index (χ1v) is 18.0. The molecule has 0 saturated carbocycles. The van der Waals surface area contributed by atoms with Crippen LogP contribution < -0.4 is 0 Å². The van der Waals surface area contributed by atoms with Crippen LogP contribution >= 0.6 is 0 Å². The lowest BCUT2D eigenvalue weighted by atomic mass is 9.92. The van der Waals surface area contributed by atoms with Crippen molar-refractivity contribution < 1.29 is 8.83 Å². The first-order valence-electron chi connectivity index (χ1n) is 18.0. The summed E-state index contributed by atoms with van der Waals surface area (Å²) in [5.74, 6) is 0. The van der Waals surface area contributed by atoms with E-state index in [9.17, 15) is 0 Å². The fourth-order valence-corrected chi connectivity index (χ4v) is 7.90. The van der Waals surface area contributed by atoms with Gasteiger partial charge >= 0.3 is 0 Å². The molecule has 0 fully saturated rings. The van der Waals surface area contributed by atoms with Gasteiger partial charge in [0.2, 0.25) is 0 Å². The maximum absolute atomic E-state index is 6.72. The van der Waals surface area contributed by atoms with Crippen molar-refractivity contribution in [2.75, 3.05) is 0 Å². The molecule has 0 amide bonds. The standard InChI is InChI=1S/C49H29N3O2/c1-2-13-36-33(11-1)39(31-23-21-30(22-24-31)32-27-43(41-17-5-7-25-50-41)52-44(28-32)42-18-6-8-26-51-42)29-40-47-35(14-10-20-46(47)54-49(36)40)38-16-9-15-37-34-12-3-4-19-45(34)53-48(37)38/h1-29H. The minimum Gasteiger partial charge on any atom is -0.455 e. The smallest absolute Gasteiger partial charge is 0.143 e. The van der Waals surface area contributed by atoms with Crippen LogP contribution in [0.2, 0.25) is 0 Å². The van der Waals surface area contributed by atoms with Gasteiger partial charge in [-0.15, -0.1) is 0 Å². The molecule has 5 aromatic heterocycles. The van der Waals surface area contributed by atoms with E-state index in [0.29, 0.717) is 0 Å². The molecule has 0 N–H and O–H groups in total. The van der Waals surface area contributed by atoms with Crippen LogP contribution in [0.1, 0.15) is 0 Å². The van der Waals surface area contributed by atoms with Crippen LogP contribution in [0.15, 0.2) is 185 Å². The fraction of sp³-hybridized carbons (Fsp3) is 0. The normalized spacial score (nSPS) is 11.7. The second-order valence-corrected chi connectivity index (χ2v) is 13.5. The number of aromatic nitrogens is 3. The number of hydrogen-bond acceptors (Lipinski definition) is 5. The number of hydrogen-bond donors (Lipinski definition) is 0. The molecule has 0 aliphatic rings. The molecule has 0 radical (unpaired) electrons. The van der Waals surface area contributed by atoms with Crippen LogP contribution in [0.5, 0.6) is 0 Å². The topological polar surface area (TPSA) is 65.0 Å². The van der Waals surface area contributed by atoms with E-state index in [4.69, 9.17) is 13.8 Å². The predicted molar refractivity (Wildman–Crippen MR) is 219 cm³/mol. The number of para-hydroxylation sites is 2. The van der Waals surface area contributed by atoms with Crippen LogP contribution in [-0.2, 0) is 0 Å². The molecule has 0 aliphatic carbocycles. The maximum atomic E-state index is 6.72. The second-order valence-electron chi connectivity index (χ2n) is 13.5. The number of pyridine rings is 3. The van der Waals surface area contributed by atoms with Gasteiger partial charge in [-0.25, -0.2) is 4.98 Å². The van der Waals surface area contributed by atoms with Crippen molar-refractivity contribution in [2.24, 2.45) is 0 Å². The van der Waals surface area contributed by atoms with E-state index in [2.05, 4.69) is 125 Å². The average molecular weight is 692 g/mol. The number of nitrogens with zero attached hydrogens (tertiary/aromatic N) is 3. The molecule has 6 aromatic carbocycles. The van der Waals surface area contributed by atoms with E-state index in [1.54, 1.807) is 12.4 Å². The monoisotopic (exact) mass is 691 g/mol. The van der Waals surface area contributed by atoms with Gasteiger partial charge in [-0.05, 0) is 87.8 Å². The quantitative estimate of drug-likeness (QED) is 0.180. The van der Waals surface area contributed by atoms with Crippen molar-refractivity contribution in [1.82, 2.24) is 15.0 Å². The van der Waals surface area contributed by atoms with E-state index in [-0.39, 0.29) is 0 Å². The van der Waals surface area contributed by atoms with Gasteiger partial charge in [-0.2, -0.15) is 0 Å². The van der Waals surface area contributed by atoms with Crippen molar-refractivity contribution in [3.63, 3.8) is 0 Å². The van der Waals surface area contributed by atoms with Crippen molar-refractivity contribution in [2.45, 2.75) is 0 Å². The molecule has 5 nitrogen and oxygen atoms in total. The summed E-state index contributed by atoms with van der Waals surface area (Å²) in [7, 11) is 0. The Morgan fingerprint density at radius 2 is 0.907 bits per heavy atom. The third-order valence-electron chi connectivity index (χ3n) is 10.4. The van der Waals surface area contributed by atoms with Crippen molar-refractivity contribution >= 4 is 54.6 Å². The molecule has 5 heterocycles. The van der Waals surface area contributed by atoms with Crippen LogP contribution in [0.4, 0.5) is 0 Å². The Morgan fingerprint density at radius 1 is 0.333 bits per heavy atom. The molecule has 0 saturated heterocycles. The summed E-state index contributed by atoms with van der Waals surface area (Å²) in [6, 6.07) is 56.5. The SMILES string of the molecule is c1ccc(-c2cc(-c3ccc(-c4cc5c(oc6cccc(-c7cccc8c7oc7ccccc78)c65)c5ccccc45)cc3)cc(-c3ccccn3)n2)nc1. The highest BCUT2D eigenvalue weighted by atomic mass is 16.3. The van der Waals surface area contributed by atoms with Crippen LogP contribution in [-0.4, -0.2) is 15.0 Å². The van der Waals surface area contributed by atoms with Gasteiger partial charge in [-0.3, -0.25) is 9.97 Å². The minimum absolute atomic E-state index is 0.801. The van der Waals surface area contributed by atoms with Gasteiger partial charge in [0.05, 0.1) is 22.8 Å². The molecule has 252 valence electrons. The summed E-state index contributed by atoms with van der Waals surface area (Å²) >= 11 is 0. The van der Waals surface area contributed by atoms with Gasteiger partial charge in [0.15, 0.2) is 0 Å². The zero-order chi connectivity index (χ0) is 35.6. The number of benzene rings is 6. The lowest BCUT2D eigenvalue weighted by molar-refractivity contribution is 0.670. The molecule has 54 heavy (non-hydrogen) atoms. The number of rotatable bonds is 5. The fourth-order valence-electron chi connectivity index (χ4n) is 7.90. The van der Waals surface area contributed by atoms with E-state index in [0.717, 1.165) is 111 Å². The Bertz CT molecular complexity index is 3140. The van der Waals surface area contributed by atoms with Crippen molar-refractivity contribution in [3.8, 4) is 56.2 Å². The Labute approximate surface area is 309 Å². The van der Waals surface area contributed by atoms with E-state index in [1.165, 1.54) is 0 Å². The highest BCUT2D eigenvalue weighted by Gasteiger charge is 2.20. The Kier molecular flexibility index (Phi) is 6.79. The first-order chi connectivity index (χ1) is 26.8. The molecule has 0 bridgehead atoms. The first kappa shape index (κ1) is 30.3. The molecule has 5 heteroatoms. The zero-order valence-corrected chi connectivity index (χ0v) is 28.9. The van der Waals surface area contributed by atoms with E-state index in [1.807, 2.05) is 48.5 Å². The third-order valence-corrected chi connectivity index (χ3v) is 10.4. The molecular weight excluding hydrogens is 663 g/mol. The molecule has 11 aromatic rings. The highest BCUT2D eigenvalue weighted by Crippen LogP contribution is 2.45. The molecular formula is C49H29N3O2. The van der Waals surface area contributed by atoms with Crippen LogP contribution in [0.3, 0.4) is 0 Å². The second kappa shape index (κ2) is 12.1. The lowest BCUT2D eigenvalue weighted by Gasteiger charge is -2.12. The summed E-state index contributed by atoms with van der Waals surface area (Å²) in [6.07, 6.45) is 3.59. The lowest BCUT2D eigenvalue weighted by Crippen LogP contribution is -1.94. The number of fused-ring (bicyclic) bond motifs is 8. The summed E-state index contributed by atoms with van der Waals surface area (Å²) in [5.41, 5.74) is 13.2. The Morgan fingerprint density at radius 3 is 1.65 bits per heavy atom. The predicted octanol–water partition coefficient (Wildman–Crippen LogP) is 13.2. The maximum Gasteiger partial charge on any atom is 0.143 e. The van der Waals surface area contributed by atoms with Gasteiger partial charge in [-0.1, -0.05) is 109 Å². The zero-order valence-electron chi connectivity index (χ0n) is 28.9. The summed E-state index contributed by atoms with van der Waals surface area (Å²) < 4.78 is 13.2. The molecule has 0 spiro atoms. The van der Waals surface area contributed by atoms with Gasteiger partial charge in [0, 0.05) is 44.9 Å². The summed E-state index contributed by atoms with van der Waals surface area (Å²) in [4.78, 5) is 14.2. The summed E-state index contributed by atoms with van der Waals surface area (Å²) in [5, 5.41) is 6.57. The Hall–Kier alpha value is -7.37. The van der Waals surface area contributed by atoms with Gasteiger partial charge in [0.25, 0.3) is 0 Å². The average Bonchev–Trinajstić information content (AvgIpc) is 3.83. The minimum atomic E-state index is 0.801. The molecule has 0 unspecified atom stereocenters. The largest absolute Gasteiger partial charge is 0.455 e. The molecule has 0 atom stereocenters. The highest BCUT2D eigenvalue weighted by molar-refractivity contribution is 6.23. The molecule has 11 rings (SSSR count). The van der Waals surface area contributed by atoms with Gasteiger partial charge in [0.1, 0.15) is 22.3 Å². The van der Waals surface area contributed by atoms with Crippen molar-refractivity contribution in [3.05, 3.63) is 176 Å². The van der Waals surface area contributed by atoms with Crippen LogP contribution in [0, 0.1) is 0 Å². The van der Waals surface area contributed by atoms with E-state index < -0.39 is 0 Å². The Balaban J connectivity index is 1.08. The van der Waals surface area contributed by atoms with E-state index >= 15 is 0 Å². The molecule has 0 aliphatic heterocycles.